The normalized spacial score (nSPS) is 26.9. The van der Waals surface area contributed by atoms with Crippen LogP contribution in [0.25, 0.3) is 0 Å². The van der Waals surface area contributed by atoms with Gasteiger partial charge in [-0.2, -0.15) is 0 Å². The zero-order valence-electron chi connectivity index (χ0n) is 11.1. The standard InChI is InChI=1S/C14H22N2O2/c1-3-18-13-10-12(14(13)17-2)16-9-7-11-6-4-5-8-15-11/h4-6,8,12-14,16H,3,7,9-10H2,1-2H3. The molecule has 1 fully saturated rings. The number of rotatable bonds is 7. The van der Waals surface area contributed by atoms with Crippen molar-refractivity contribution < 1.29 is 9.47 Å². The number of pyridine rings is 1. The first kappa shape index (κ1) is 13.5. The van der Waals surface area contributed by atoms with Crippen LogP contribution in [0.3, 0.4) is 0 Å². The summed E-state index contributed by atoms with van der Waals surface area (Å²) in [6, 6.07) is 6.43. The van der Waals surface area contributed by atoms with Crippen molar-refractivity contribution in [1.82, 2.24) is 10.3 Å². The van der Waals surface area contributed by atoms with Gasteiger partial charge in [0.05, 0.1) is 12.2 Å². The molecule has 0 spiro atoms. The molecule has 1 N–H and O–H groups in total. The highest BCUT2D eigenvalue weighted by atomic mass is 16.5. The van der Waals surface area contributed by atoms with Crippen molar-refractivity contribution in [3.05, 3.63) is 30.1 Å². The maximum atomic E-state index is 5.60. The molecular weight excluding hydrogens is 228 g/mol. The Balaban J connectivity index is 1.69. The van der Waals surface area contributed by atoms with E-state index in [1.54, 1.807) is 7.11 Å². The largest absolute Gasteiger partial charge is 0.377 e. The minimum Gasteiger partial charge on any atom is -0.377 e. The van der Waals surface area contributed by atoms with Gasteiger partial charge in [-0.25, -0.2) is 0 Å². The van der Waals surface area contributed by atoms with Crippen LogP contribution in [-0.4, -0.2) is 43.5 Å². The molecular formula is C14H22N2O2. The van der Waals surface area contributed by atoms with Crippen molar-refractivity contribution >= 4 is 0 Å². The van der Waals surface area contributed by atoms with Crippen LogP contribution < -0.4 is 5.32 Å². The average molecular weight is 250 g/mol. The molecule has 0 amide bonds. The molecule has 4 heteroatoms. The lowest BCUT2D eigenvalue weighted by molar-refractivity contribution is -0.131. The third kappa shape index (κ3) is 3.28. The van der Waals surface area contributed by atoms with Gasteiger partial charge in [0.2, 0.25) is 0 Å². The number of methoxy groups -OCH3 is 1. The van der Waals surface area contributed by atoms with Gasteiger partial charge in [0.15, 0.2) is 0 Å². The van der Waals surface area contributed by atoms with Gasteiger partial charge >= 0.3 is 0 Å². The van der Waals surface area contributed by atoms with E-state index in [1.807, 2.05) is 25.3 Å². The fourth-order valence-corrected chi connectivity index (χ4v) is 2.41. The Bertz CT molecular complexity index is 345. The Kier molecular flexibility index (Phi) is 5.11. The van der Waals surface area contributed by atoms with Gasteiger partial charge in [-0.1, -0.05) is 6.07 Å². The highest BCUT2D eigenvalue weighted by Crippen LogP contribution is 2.26. The second-order valence-corrected chi connectivity index (χ2v) is 4.56. The summed E-state index contributed by atoms with van der Waals surface area (Å²) in [5.74, 6) is 0. The number of nitrogens with zero attached hydrogens (tertiary/aromatic N) is 1. The molecule has 0 saturated heterocycles. The minimum absolute atomic E-state index is 0.189. The van der Waals surface area contributed by atoms with Gasteiger partial charge in [-0.3, -0.25) is 4.98 Å². The minimum atomic E-state index is 0.189. The van der Waals surface area contributed by atoms with Crippen molar-refractivity contribution in [2.45, 2.75) is 38.0 Å². The van der Waals surface area contributed by atoms with Crippen LogP contribution in [0.5, 0.6) is 0 Å². The van der Waals surface area contributed by atoms with Crippen molar-refractivity contribution in [1.29, 1.82) is 0 Å². The zero-order valence-corrected chi connectivity index (χ0v) is 11.1. The van der Waals surface area contributed by atoms with E-state index in [4.69, 9.17) is 9.47 Å². The van der Waals surface area contributed by atoms with Crippen LogP contribution >= 0.6 is 0 Å². The van der Waals surface area contributed by atoms with Crippen LogP contribution in [0.1, 0.15) is 19.0 Å². The Hall–Kier alpha value is -0.970. The van der Waals surface area contributed by atoms with E-state index in [-0.39, 0.29) is 12.2 Å². The number of aromatic nitrogens is 1. The van der Waals surface area contributed by atoms with Crippen LogP contribution in [0.2, 0.25) is 0 Å². The van der Waals surface area contributed by atoms with E-state index in [9.17, 15) is 0 Å². The van der Waals surface area contributed by atoms with Gasteiger partial charge in [0.1, 0.15) is 0 Å². The molecule has 4 nitrogen and oxygen atoms in total. The highest BCUT2D eigenvalue weighted by molar-refractivity contribution is 5.04. The summed E-state index contributed by atoms with van der Waals surface area (Å²) < 4.78 is 11.1. The predicted octanol–water partition coefficient (Wildman–Crippen LogP) is 1.41. The van der Waals surface area contributed by atoms with Crippen LogP contribution in [0.4, 0.5) is 0 Å². The van der Waals surface area contributed by atoms with Gasteiger partial charge in [0.25, 0.3) is 0 Å². The first-order valence-electron chi connectivity index (χ1n) is 6.62. The summed E-state index contributed by atoms with van der Waals surface area (Å²) in [5.41, 5.74) is 1.12. The van der Waals surface area contributed by atoms with Crippen LogP contribution in [-0.2, 0) is 15.9 Å². The van der Waals surface area contributed by atoms with Crippen LogP contribution in [0.15, 0.2) is 24.4 Å². The van der Waals surface area contributed by atoms with E-state index in [0.717, 1.165) is 31.7 Å². The van der Waals surface area contributed by atoms with E-state index in [2.05, 4.69) is 16.4 Å². The van der Waals surface area contributed by atoms with Gasteiger partial charge in [-0.05, 0) is 25.5 Å². The molecule has 18 heavy (non-hydrogen) atoms. The second kappa shape index (κ2) is 6.83. The summed E-state index contributed by atoms with van der Waals surface area (Å²) >= 11 is 0. The van der Waals surface area contributed by atoms with Gasteiger partial charge < -0.3 is 14.8 Å². The molecule has 1 aliphatic rings. The lowest BCUT2D eigenvalue weighted by Gasteiger charge is -2.43. The average Bonchev–Trinajstić information content (AvgIpc) is 2.38. The molecule has 100 valence electrons. The zero-order chi connectivity index (χ0) is 12.8. The van der Waals surface area contributed by atoms with E-state index in [0.29, 0.717) is 6.04 Å². The molecule has 1 aromatic rings. The molecule has 0 aliphatic heterocycles. The first-order chi connectivity index (χ1) is 8.85. The van der Waals surface area contributed by atoms with Crippen molar-refractivity contribution in [2.75, 3.05) is 20.3 Å². The maximum Gasteiger partial charge on any atom is 0.0986 e. The summed E-state index contributed by atoms with van der Waals surface area (Å²) in [6.07, 6.45) is 4.27. The smallest absolute Gasteiger partial charge is 0.0986 e. The summed E-state index contributed by atoms with van der Waals surface area (Å²) in [5, 5.41) is 3.51. The van der Waals surface area contributed by atoms with E-state index in [1.165, 1.54) is 0 Å². The Morgan fingerprint density at radius 3 is 3.00 bits per heavy atom. The maximum absolute atomic E-state index is 5.60. The lowest BCUT2D eigenvalue weighted by Crippen LogP contribution is -2.60. The monoisotopic (exact) mass is 250 g/mol. The Labute approximate surface area is 109 Å². The Morgan fingerprint density at radius 1 is 1.44 bits per heavy atom. The van der Waals surface area contributed by atoms with Crippen molar-refractivity contribution in [2.24, 2.45) is 0 Å². The van der Waals surface area contributed by atoms with Gasteiger partial charge in [0, 0.05) is 44.6 Å². The molecule has 3 unspecified atom stereocenters. The summed E-state index contributed by atoms with van der Waals surface area (Å²) in [4.78, 5) is 4.31. The molecule has 0 aromatic carbocycles. The summed E-state index contributed by atoms with van der Waals surface area (Å²) in [6.45, 7) is 3.71. The predicted molar refractivity (Wildman–Crippen MR) is 70.6 cm³/mol. The molecule has 2 rings (SSSR count). The fraction of sp³-hybridized carbons (Fsp3) is 0.643. The second-order valence-electron chi connectivity index (χ2n) is 4.56. The van der Waals surface area contributed by atoms with Crippen molar-refractivity contribution in [3.8, 4) is 0 Å². The molecule has 0 radical (unpaired) electrons. The number of ether oxygens (including phenoxy) is 2. The van der Waals surface area contributed by atoms with E-state index >= 15 is 0 Å². The molecule has 1 heterocycles. The third-order valence-electron chi connectivity index (χ3n) is 3.42. The molecule has 3 atom stereocenters. The highest BCUT2D eigenvalue weighted by Gasteiger charge is 2.41. The number of hydrogen-bond donors (Lipinski definition) is 1. The van der Waals surface area contributed by atoms with Crippen LogP contribution in [0, 0.1) is 0 Å². The third-order valence-corrected chi connectivity index (χ3v) is 3.42. The number of hydrogen-bond acceptors (Lipinski definition) is 4. The SMILES string of the molecule is CCOC1CC(NCCc2ccccn2)C1OC. The molecule has 1 aliphatic carbocycles. The topological polar surface area (TPSA) is 43.4 Å². The number of nitrogens with one attached hydrogen (secondary N) is 1. The first-order valence-corrected chi connectivity index (χ1v) is 6.62. The lowest BCUT2D eigenvalue weighted by atomic mass is 9.85. The Morgan fingerprint density at radius 2 is 2.33 bits per heavy atom. The van der Waals surface area contributed by atoms with E-state index < -0.39 is 0 Å². The molecule has 1 aromatic heterocycles. The fourth-order valence-electron chi connectivity index (χ4n) is 2.41. The molecule has 1 saturated carbocycles. The summed E-state index contributed by atoms with van der Waals surface area (Å²) in [7, 11) is 1.75. The quantitative estimate of drug-likeness (QED) is 0.794. The van der Waals surface area contributed by atoms with Gasteiger partial charge in [-0.15, -0.1) is 0 Å². The van der Waals surface area contributed by atoms with Crippen molar-refractivity contribution in [3.63, 3.8) is 0 Å². The molecule has 0 bridgehead atoms.